The van der Waals surface area contributed by atoms with Crippen LogP contribution in [0.25, 0.3) is 16.0 Å². The number of benzene rings is 2. The number of amides is 1. The lowest BCUT2D eigenvalue weighted by molar-refractivity contribution is -0.138. The maximum Gasteiger partial charge on any atom is 0.416 e. The zero-order chi connectivity index (χ0) is 26.2. The van der Waals surface area contributed by atoms with Crippen LogP contribution in [-0.2, 0) is 12.6 Å². The molecule has 3 N–H and O–H groups in total. The molecular formula is C27H27F3N4O2S. The average molecular weight is 529 g/mol. The quantitative estimate of drug-likeness (QED) is 0.323. The monoisotopic (exact) mass is 528 g/mol. The number of piperidine rings is 1. The van der Waals surface area contributed by atoms with Crippen LogP contribution in [0.4, 0.5) is 13.2 Å². The van der Waals surface area contributed by atoms with Gasteiger partial charge >= 0.3 is 6.18 Å². The fourth-order valence-electron chi connectivity index (χ4n) is 4.86. The van der Waals surface area contributed by atoms with Crippen molar-refractivity contribution in [2.45, 2.75) is 44.4 Å². The minimum atomic E-state index is -4.46. The molecule has 37 heavy (non-hydrogen) atoms. The number of nitrogens with one attached hydrogen (secondary N) is 1. The fraction of sp³-hybridized carbons (Fsp3) is 0.333. The van der Waals surface area contributed by atoms with Gasteiger partial charge in [0.25, 0.3) is 5.91 Å². The van der Waals surface area contributed by atoms with Crippen molar-refractivity contribution in [2.75, 3.05) is 13.1 Å². The molecule has 1 atom stereocenters. The molecule has 5 rings (SSSR count). The van der Waals surface area contributed by atoms with Crippen LogP contribution in [-0.4, -0.2) is 34.7 Å². The highest BCUT2D eigenvalue weighted by atomic mass is 32.1. The van der Waals surface area contributed by atoms with Gasteiger partial charge in [0.2, 0.25) is 0 Å². The molecule has 0 saturated carbocycles. The number of rotatable bonds is 7. The van der Waals surface area contributed by atoms with Crippen LogP contribution >= 0.6 is 11.3 Å². The first kappa shape index (κ1) is 25.3. The first-order chi connectivity index (χ1) is 17.7. The number of nitrogens with zero attached hydrogens (tertiary/aromatic N) is 2. The van der Waals surface area contributed by atoms with Gasteiger partial charge in [0.05, 0.1) is 21.5 Å². The number of halogens is 3. The Hall–Kier alpha value is -3.37. The molecule has 1 amide bonds. The van der Waals surface area contributed by atoms with Gasteiger partial charge < -0.3 is 15.8 Å². The van der Waals surface area contributed by atoms with Crippen molar-refractivity contribution in [3.05, 3.63) is 76.4 Å². The van der Waals surface area contributed by atoms with Gasteiger partial charge in [0.1, 0.15) is 23.2 Å². The Bertz CT molecular complexity index is 1420. The van der Waals surface area contributed by atoms with Crippen LogP contribution in [0.15, 0.2) is 54.9 Å². The predicted molar refractivity (Wildman–Crippen MR) is 138 cm³/mol. The van der Waals surface area contributed by atoms with E-state index in [4.69, 9.17) is 10.5 Å². The Balaban J connectivity index is 1.46. The molecule has 0 aliphatic carbocycles. The van der Waals surface area contributed by atoms with Crippen molar-refractivity contribution >= 4 is 28.3 Å². The van der Waals surface area contributed by atoms with Crippen LogP contribution in [0.2, 0.25) is 0 Å². The third-order valence-corrected chi connectivity index (χ3v) is 7.88. The third kappa shape index (κ3) is 5.35. The minimum Gasteiger partial charge on any atom is -0.490 e. The van der Waals surface area contributed by atoms with Gasteiger partial charge in [-0.3, -0.25) is 9.36 Å². The summed E-state index contributed by atoms with van der Waals surface area (Å²) in [6, 6.07) is 13.1. The summed E-state index contributed by atoms with van der Waals surface area (Å²) in [5, 5.41) is 4.03. The number of imidazole rings is 1. The molecule has 1 aliphatic heterocycles. The SMILES string of the molecule is C[C@@H](Cc1cc(-n2cnc3ccc(OC4CCNCC4)cc32)sc1C(N)=O)c1ccccc1C(F)(F)F. The van der Waals surface area contributed by atoms with Gasteiger partial charge in [-0.25, -0.2) is 4.98 Å². The first-order valence-electron chi connectivity index (χ1n) is 12.1. The smallest absolute Gasteiger partial charge is 0.416 e. The largest absolute Gasteiger partial charge is 0.490 e. The number of hydrogen-bond acceptors (Lipinski definition) is 5. The maximum absolute atomic E-state index is 13.6. The van der Waals surface area contributed by atoms with E-state index in [2.05, 4.69) is 10.3 Å². The molecule has 1 fully saturated rings. The summed E-state index contributed by atoms with van der Waals surface area (Å²) >= 11 is 1.21. The second kappa shape index (κ2) is 10.2. The van der Waals surface area contributed by atoms with E-state index in [-0.39, 0.29) is 18.1 Å². The molecule has 10 heteroatoms. The zero-order valence-corrected chi connectivity index (χ0v) is 21.0. The number of hydrogen-bond donors (Lipinski definition) is 2. The Morgan fingerprint density at radius 2 is 1.97 bits per heavy atom. The molecule has 2 aromatic heterocycles. The first-order valence-corrected chi connectivity index (χ1v) is 13.0. The van der Waals surface area contributed by atoms with Crippen LogP contribution < -0.4 is 15.8 Å². The zero-order valence-electron chi connectivity index (χ0n) is 20.2. The van der Waals surface area contributed by atoms with Gasteiger partial charge in [-0.2, -0.15) is 13.2 Å². The topological polar surface area (TPSA) is 82.2 Å². The molecule has 1 saturated heterocycles. The number of primary amides is 1. The summed E-state index contributed by atoms with van der Waals surface area (Å²) < 4.78 is 48.8. The number of aromatic nitrogens is 2. The van der Waals surface area contributed by atoms with Gasteiger partial charge in [-0.05, 0) is 73.7 Å². The van der Waals surface area contributed by atoms with E-state index >= 15 is 0 Å². The van der Waals surface area contributed by atoms with Gasteiger partial charge in [0, 0.05) is 6.07 Å². The Morgan fingerprint density at radius 3 is 2.70 bits per heavy atom. The summed E-state index contributed by atoms with van der Waals surface area (Å²) in [5.74, 6) is -0.352. The van der Waals surface area contributed by atoms with E-state index in [1.54, 1.807) is 19.3 Å². The van der Waals surface area contributed by atoms with Crippen molar-refractivity contribution in [2.24, 2.45) is 5.73 Å². The summed E-state index contributed by atoms with van der Waals surface area (Å²) in [4.78, 5) is 17.1. The van der Waals surface area contributed by atoms with E-state index in [0.29, 0.717) is 15.4 Å². The van der Waals surface area contributed by atoms with Crippen LogP contribution in [0.1, 0.15) is 52.0 Å². The van der Waals surface area contributed by atoms with Gasteiger partial charge in [-0.15, -0.1) is 11.3 Å². The van der Waals surface area contributed by atoms with E-state index in [0.717, 1.165) is 48.8 Å². The molecule has 0 radical (unpaired) electrons. The molecule has 0 spiro atoms. The number of ether oxygens (including phenoxy) is 1. The van der Waals surface area contributed by atoms with Gasteiger partial charge in [0.15, 0.2) is 0 Å². The lowest BCUT2D eigenvalue weighted by Crippen LogP contribution is -2.34. The second-order valence-electron chi connectivity index (χ2n) is 9.33. The fourth-order valence-corrected chi connectivity index (χ4v) is 5.89. The van der Waals surface area contributed by atoms with Gasteiger partial charge in [-0.1, -0.05) is 25.1 Å². The Morgan fingerprint density at radius 1 is 1.22 bits per heavy atom. The van der Waals surface area contributed by atoms with Crippen molar-refractivity contribution in [1.29, 1.82) is 0 Å². The van der Waals surface area contributed by atoms with Crippen LogP contribution in [0.3, 0.4) is 0 Å². The molecule has 3 heterocycles. The van der Waals surface area contributed by atoms with E-state index in [9.17, 15) is 18.0 Å². The van der Waals surface area contributed by atoms with E-state index in [1.807, 2.05) is 28.8 Å². The summed E-state index contributed by atoms with van der Waals surface area (Å²) in [6.45, 7) is 3.57. The highest BCUT2D eigenvalue weighted by Crippen LogP contribution is 2.38. The summed E-state index contributed by atoms with van der Waals surface area (Å²) in [5.41, 5.74) is 7.38. The van der Waals surface area contributed by atoms with Crippen molar-refractivity contribution in [3.63, 3.8) is 0 Å². The average Bonchev–Trinajstić information content (AvgIpc) is 3.48. The highest BCUT2D eigenvalue weighted by molar-refractivity contribution is 7.16. The lowest BCUT2D eigenvalue weighted by atomic mass is 9.90. The van der Waals surface area contributed by atoms with Crippen LogP contribution in [0, 0.1) is 0 Å². The normalized spacial score (nSPS) is 15.7. The van der Waals surface area contributed by atoms with Crippen molar-refractivity contribution in [1.82, 2.24) is 14.9 Å². The number of thiophene rings is 1. The number of fused-ring (bicyclic) bond motifs is 1. The third-order valence-electron chi connectivity index (χ3n) is 6.69. The Kier molecular flexibility index (Phi) is 6.96. The van der Waals surface area contributed by atoms with E-state index in [1.165, 1.54) is 23.5 Å². The number of carbonyl (C=O) groups excluding carboxylic acids is 1. The minimum absolute atomic E-state index is 0.144. The molecule has 2 aromatic carbocycles. The van der Waals surface area contributed by atoms with Crippen LogP contribution in [0.5, 0.6) is 5.75 Å². The molecule has 0 bridgehead atoms. The maximum atomic E-state index is 13.6. The number of carbonyl (C=O) groups is 1. The molecule has 0 unspecified atom stereocenters. The van der Waals surface area contributed by atoms with E-state index < -0.39 is 23.6 Å². The number of nitrogens with two attached hydrogens (primary N) is 1. The predicted octanol–water partition coefficient (Wildman–Crippen LogP) is 5.68. The van der Waals surface area contributed by atoms with Crippen molar-refractivity contribution < 1.29 is 22.7 Å². The standard InChI is InChI=1S/C27H27F3N4O2S/c1-16(20-4-2-3-5-21(20)27(28,29)30)12-17-13-24(37-25(17)26(31)35)34-15-33-22-7-6-19(14-23(22)34)36-18-8-10-32-11-9-18/h2-7,13-16,18,32H,8-12H2,1H3,(H2,31,35)/t16-/m0/s1. The molecular weight excluding hydrogens is 501 g/mol. The number of alkyl halides is 3. The lowest BCUT2D eigenvalue weighted by Gasteiger charge is -2.23. The Labute approximate surface area is 216 Å². The summed E-state index contributed by atoms with van der Waals surface area (Å²) in [7, 11) is 0. The molecule has 4 aromatic rings. The molecule has 1 aliphatic rings. The molecule has 6 nitrogen and oxygen atoms in total. The second-order valence-corrected chi connectivity index (χ2v) is 10.4. The highest BCUT2D eigenvalue weighted by Gasteiger charge is 2.34. The summed E-state index contributed by atoms with van der Waals surface area (Å²) in [6.07, 6.45) is -0.543. The molecule has 194 valence electrons. The van der Waals surface area contributed by atoms with Crippen molar-refractivity contribution in [3.8, 4) is 10.8 Å².